The minimum Gasteiger partial charge on any atom is -0.497 e. The van der Waals surface area contributed by atoms with E-state index in [0.717, 1.165) is 17.7 Å². The van der Waals surface area contributed by atoms with Crippen molar-refractivity contribution in [2.75, 3.05) is 13.7 Å². The molecule has 0 bridgehead atoms. The quantitative estimate of drug-likeness (QED) is 0.827. The first-order valence-corrected chi connectivity index (χ1v) is 6.21. The van der Waals surface area contributed by atoms with Gasteiger partial charge in [0.05, 0.1) is 13.2 Å². The topological polar surface area (TPSA) is 58.6 Å². The number of benzene rings is 1. The van der Waals surface area contributed by atoms with E-state index >= 15 is 0 Å². The minimum atomic E-state index is -0.497. The van der Waals surface area contributed by atoms with Crippen molar-refractivity contribution in [3.63, 3.8) is 0 Å². The molecule has 0 spiro atoms. The summed E-state index contributed by atoms with van der Waals surface area (Å²) < 4.78 is 5.17. The molecule has 18 heavy (non-hydrogen) atoms. The van der Waals surface area contributed by atoms with Crippen molar-refractivity contribution in [2.45, 2.75) is 25.4 Å². The van der Waals surface area contributed by atoms with Gasteiger partial charge in [-0.2, -0.15) is 0 Å². The monoisotopic (exact) mass is 249 g/mol. The zero-order valence-electron chi connectivity index (χ0n) is 10.7. The highest BCUT2D eigenvalue weighted by Gasteiger charge is 2.43. The Morgan fingerprint density at radius 1 is 1.61 bits per heavy atom. The molecule has 0 aliphatic heterocycles. The zero-order chi connectivity index (χ0) is 13.1. The number of aliphatic hydroxyl groups excluding tert-OH is 1. The molecule has 1 aliphatic carbocycles. The zero-order valence-corrected chi connectivity index (χ0v) is 10.7. The van der Waals surface area contributed by atoms with Crippen LogP contribution < -0.4 is 10.1 Å². The van der Waals surface area contributed by atoms with E-state index in [4.69, 9.17) is 9.84 Å². The van der Waals surface area contributed by atoms with Crippen molar-refractivity contribution in [3.05, 3.63) is 29.8 Å². The minimum absolute atomic E-state index is 0.0312. The number of aliphatic hydroxyl groups is 1. The molecule has 1 aliphatic rings. The number of ether oxygens (including phenoxy) is 1. The van der Waals surface area contributed by atoms with Crippen LogP contribution in [-0.2, 0) is 4.79 Å². The molecule has 0 radical (unpaired) electrons. The molecule has 4 heteroatoms. The van der Waals surface area contributed by atoms with E-state index in [2.05, 4.69) is 5.32 Å². The van der Waals surface area contributed by atoms with Crippen LogP contribution in [0, 0.1) is 5.92 Å². The number of carbonyl (C=O) groups excluding carboxylic acids is 1. The first-order chi connectivity index (χ1) is 8.61. The first kappa shape index (κ1) is 12.9. The molecule has 3 atom stereocenters. The van der Waals surface area contributed by atoms with Gasteiger partial charge in [0.25, 0.3) is 0 Å². The number of rotatable bonds is 5. The maximum atomic E-state index is 11.8. The molecule has 1 fully saturated rings. The highest BCUT2D eigenvalue weighted by molar-refractivity contribution is 5.82. The molecule has 98 valence electrons. The highest BCUT2D eigenvalue weighted by Crippen LogP contribution is 2.48. The lowest BCUT2D eigenvalue weighted by Crippen LogP contribution is -2.31. The third kappa shape index (κ3) is 3.01. The number of nitrogens with one attached hydrogen (secondary N) is 1. The van der Waals surface area contributed by atoms with E-state index in [-0.39, 0.29) is 17.7 Å². The summed E-state index contributed by atoms with van der Waals surface area (Å²) in [6.07, 6.45) is 0.377. The standard InChI is InChI=1S/C14H19NO3/c1-9(16)8-15-14(17)13-7-12(13)10-4-3-5-11(6-10)18-2/h3-6,9,12-13,16H,7-8H2,1-2H3,(H,15,17). The van der Waals surface area contributed by atoms with E-state index in [1.54, 1.807) is 14.0 Å². The molecule has 3 unspecified atom stereocenters. The van der Waals surface area contributed by atoms with Gasteiger partial charge in [0.1, 0.15) is 5.75 Å². The Labute approximate surface area is 107 Å². The molecule has 2 N–H and O–H groups in total. The number of methoxy groups -OCH3 is 1. The molecule has 1 saturated carbocycles. The van der Waals surface area contributed by atoms with Gasteiger partial charge in [0.15, 0.2) is 0 Å². The smallest absolute Gasteiger partial charge is 0.223 e. The van der Waals surface area contributed by atoms with Gasteiger partial charge in [-0.1, -0.05) is 12.1 Å². The number of amides is 1. The summed E-state index contributed by atoms with van der Waals surface area (Å²) >= 11 is 0. The summed E-state index contributed by atoms with van der Waals surface area (Å²) in [6.45, 7) is 1.98. The molecule has 0 saturated heterocycles. The van der Waals surface area contributed by atoms with Crippen molar-refractivity contribution in [3.8, 4) is 5.75 Å². The molecule has 2 rings (SSSR count). The fourth-order valence-electron chi connectivity index (χ4n) is 2.10. The van der Waals surface area contributed by atoms with Gasteiger partial charge in [0, 0.05) is 12.5 Å². The van der Waals surface area contributed by atoms with E-state index in [1.807, 2.05) is 24.3 Å². The van der Waals surface area contributed by atoms with Gasteiger partial charge in [-0.15, -0.1) is 0 Å². The predicted octanol–water partition coefficient (Wildman–Crippen LogP) is 1.30. The molecule has 1 aromatic rings. The Kier molecular flexibility index (Phi) is 3.87. The Balaban J connectivity index is 1.91. The van der Waals surface area contributed by atoms with E-state index in [1.165, 1.54) is 0 Å². The largest absolute Gasteiger partial charge is 0.497 e. The third-order valence-electron chi connectivity index (χ3n) is 3.22. The van der Waals surface area contributed by atoms with Gasteiger partial charge < -0.3 is 15.2 Å². The summed E-state index contributed by atoms with van der Waals surface area (Å²) in [5.41, 5.74) is 1.14. The van der Waals surface area contributed by atoms with E-state index in [0.29, 0.717) is 6.54 Å². The lowest BCUT2D eigenvalue weighted by molar-refractivity contribution is -0.122. The summed E-state index contributed by atoms with van der Waals surface area (Å²) in [6, 6.07) is 7.84. The lowest BCUT2D eigenvalue weighted by Gasteiger charge is -2.07. The predicted molar refractivity (Wildman–Crippen MR) is 68.5 cm³/mol. The van der Waals surface area contributed by atoms with E-state index in [9.17, 15) is 4.79 Å². The molecule has 1 amide bonds. The van der Waals surface area contributed by atoms with Crippen LogP contribution >= 0.6 is 0 Å². The van der Waals surface area contributed by atoms with Crippen LogP contribution in [0.3, 0.4) is 0 Å². The molecule has 0 aromatic heterocycles. The van der Waals surface area contributed by atoms with Crippen molar-refractivity contribution < 1.29 is 14.6 Å². The fraction of sp³-hybridized carbons (Fsp3) is 0.500. The average molecular weight is 249 g/mol. The van der Waals surface area contributed by atoms with E-state index < -0.39 is 6.10 Å². The van der Waals surface area contributed by atoms with Gasteiger partial charge in [-0.05, 0) is 37.0 Å². The second kappa shape index (κ2) is 5.40. The van der Waals surface area contributed by atoms with Gasteiger partial charge in [-0.3, -0.25) is 4.79 Å². The summed E-state index contributed by atoms with van der Waals surface area (Å²) in [5, 5.41) is 11.9. The lowest BCUT2D eigenvalue weighted by atomic mass is 10.1. The van der Waals surface area contributed by atoms with Gasteiger partial charge in [0.2, 0.25) is 5.91 Å². The van der Waals surface area contributed by atoms with Crippen LogP contribution in [0.15, 0.2) is 24.3 Å². The molecule has 4 nitrogen and oxygen atoms in total. The second-order valence-corrected chi connectivity index (χ2v) is 4.82. The molecule has 1 aromatic carbocycles. The van der Waals surface area contributed by atoms with Crippen LogP contribution in [-0.4, -0.2) is 30.8 Å². The third-order valence-corrected chi connectivity index (χ3v) is 3.22. The van der Waals surface area contributed by atoms with Crippen LogP contribution in [0.4, 0.5) is 0 Å². The Hall–Kier alpha value is -1.55. The van der Waals surface area contributed by atoms with Crippen molar-refractivity contribution >= 4 is 5.91 Å². The van der Waals surface area contributed by atoms with Crippen LogP contribution in [0.25, 0.3) is 0 Å². The normalized spacial score (nSPS) is 23.3. The number of hydrogen-bond acceptors (Lipinski definition) is 3. The maximum absolute atomic E-state index is 11.8. The Bertz CT molecular complexity index is 431. The van der Waals surface area contributed by atoms with Crippen LogP contribution in [0.2, 0.25) is 0 Å². The molecular formula is C14H19NO3. The van der Waals surface area contributed by atoms with Crippen molar-refractivity contribution in [1.82, 2.24) is 5.32 Å². The Morgan fingerprint density at radius 3 is 3.06 bits per heavy atom. The second-order valence-electron chi connectivity index (χ2n) is 4.82. The highest BCUT2D eigenvalue weighted by atomic mass is 16.5. The number of hydrogen-bond donors (Lipinski definition) is 2. The summed E-state index contributed by atoms with van der Waals surface area (Å²) in [7, 11) is 1.64. The maximum Gasteiger partial charge on any atom is 0.223 e. The Morgan fingerprint density at radius 2 is 2.39 bits per heavy atom. The van der Waals surface area contributed by atoms with Crippen LogP contribution in [0.1, 0.15) is 24.8 Å². The SMILES string of the molecule is COc1cccc(C2CC2C(=O)NCC(C)O)c1. The first-order valence-electron chi connectivity index (χ1n) is 6.21. The fourth-order valence-corrected chi connectivity index (χ4v) is 2.10. The van der Waals surface area contributed by atoms with Gasteiger partial charge in [-0.25, -0.2) is 0 Å². The number of carbonyl (C=O) groups is 1. The van der Waals surface area contributed by atoms with Crippen LogP contribution in [0.5, 0.6) is 5.75 Å². The molecule has 0 heterocycles. The average Bonchev–Trinajstić information content (AvgIpc) is 3.16. The van der Waals surface area contributed by atoms with Crippen molar-refractivity contribution in [2.24, 2.45) is 5.92 Å². The molecular weight excluding hydrogens is 230 g/mol. The van der Waals surface area contributed by atoms with Crippen molar-refractivity contribution in [1.29, 1.82) is 0 Å². The summed E-state index contributed by atoms with van der Waals surface area (Å²) in [4.78, 5) is 11.8. The van der Waals surface area contributed by atoms with Gasteiger partial charge >= 0.3 is 0 Å². The summed E-state index contributed by atoms with van der Waals surface area (Å²) in [5.74, 6) is 1.18.